The highest BCUT2D eigenvalue weighted by Crippen LogP contribution is 2.11. The predicted octanol–water partition coefficient (Wildman–Crippen LogP) is 1.31. The van der Waals surface area contributed by atoms with E-state index in [4.69, 9.17) is 4.74 Å². The fourth-order valence-corrected chi connectivity index (χ4v) is 1.83. The van der Waals surface area contributed by atoms with E-state index in [1.54, 1.807) is 12.1 Å². The Bertz CT molecular complexity index is 501. The van der Waals surface area contributed by atoms with E-state index in [1.807, 2.05) is 18.2 Å². The molecule has 0 aromatic heterocycles. The van der Waals surface area contributed by atoms with Crippen molar-refractivity contribution in [2.24, 2.45) is 0 Å². The predicted molar refractivity (Wildman–Crippen MR) is 66.3 cm³/mol. The summed E-state index contributed by atoms with van der Waals surface area (Å²) in [6.07, 6.45) is -0.806. The molecule has 1 aromatic rings. The molecule has 6 nitrogen and oxygen atoms in total. The molecule has 1 atom stereocenters. The summed E-state index contributed by atoms with van der Waals surface area (Å²) in [6.45, 7) is 1.53. The molecule has 0 saturated carbocycles. The molecule has 100 valence electrons. The van der Waals surface area contributed by atoms with E-state index in [1.165, 1.54) is 6.92 Å². The van der Waals surface area contributed by atoms with E-state index < -0.39 is 18.2 Å². The number of ether oxygens (including phenoxy) is 1. The van der Waals surface area contributed by atoms with Gasteiger partial charge in [0.25, 0.3) is 0 Å². The molecule has 1 heterocycles. The van der Waals surface area contributed by atoms with Crippen molar-refractivity contribution in [2.75, 3.05) is 6.54 Å². The van der Waals surface area contributed by atoms with E-state index in [0.717, 1.165) is 10.5 Å². The highest BCUT2D eigenvalue weighted by molar-refractivity contribution is 6.00. The number of hydrogen-bond donors (Lipinski definition) is 1. The first kappa shape index (κ1) is 13.1. The zero-order valence-corrected chi connectivity index (χ0v) is 10.5. The van der Waals surface area contributed by atoms with Crippen LogP contribution in [0, 0.1) is 0 Å². The number of imide groups is 1. The summed E-state index contributed by atoms with van der Waals surface area (Å²) in [5.74, 6) is -0.255. The standard InChI is InChI=1S/C13H14N2O4/c1-9(16)11-7-14-12(17)15(11)13(18)19-8-10-5-3-2-4-6-10/h2-6,11H,7-8H2,1H3,(H,14,17)/t11-/m0/s1. The number of rotatable bonds is 3. The summed E-state index contributed by atoms with van der Waals surface area (Å²) in [4.78, 5) is 35.5. The third kappa shape index (κ3) is 2.90. The summed E-state index contributed by atoms with van der Waals surface area (Å²) in [5.41, 5.74) is 0.815. The lowest BCUT2D eigenvalue weighted by Crippen LogP contribution is -2.43. The fourth-order valence-electron chi connectivity index (χ4n) is 1.83. The monoisotopic (exact) mass is 262 g/mol. The Hall–Kier alpha value is -2.37. The van der Waals surface area contributed by atoms with Crippen molar-refractivity contribution in [1.29, 1.82) is 0 Å². The van der Waals surface area contributed by atoms with Crippen molar-refractivity contribution < 1.29 is 19.1 Å². The first-order valence-corrected chi connectivity index (χ1v) is 5.88. The van der Waals surface area contributed by atoms with E-state index >= 15 is 0 Å². The maximum Gasteiger partial charge on any atom is 0.419 e. The highest BCUT2D eigenvalue weighted by Gasteiger charge is 2.39. The quantitative estimate of drug-likeness (QED) is 0.891. The molecular formula is C13H14N2O4. The first-order valence-electron chi connectivity index (χ1n) is 5.88. The van der Waals surface area contributed by atoms with Crippen LogP contribution < -0.4 is 5.32 Å². The highest BCUT2D eigenvalue weighted by atomic mass is 16.6. The third-order valence-electron chi connectivity index (χ3n) is 2.85. The number of nitrogens with zero attached hydrogens (tertiary/aromatic N) is 1. The van der Waals surface area contributed by atoms with Crippen molar-refractivity contribution in [1.82, 2.24) is 10.2 Å². The molecule has 6 heteroatoms. The topological polar surface area (TPSA) is 75.7 Å². The summed E-state index contributed by atoms with van der Waals surface area (Å²) in [6, 6.07) is 7.73. The van der Waals surface area contributed by atoms with Gasteiger partial charge in [0, 0.05) is 6.54 Å². The Labute approximate surface area is 110 Å². The molecule has 1 N–H and O–H groups in total. The number of amides is 3. The van der Waals surface area contributed by atoms with Gasteiger partial charge in [0.1, 0.15) is 12.6 Å². The fraction of sp³-hybridized carbons (Fsp3) is 0.308. The maximum atomic E-state index is 11.8. The Morgan fingerprint density at radius 2 is 2.05 bits per heavy atom. The normalized spacial score (nSPS) is 18.1. The minimum absolute atomic E-state index is 0.0636. The molecule has 3 amide bonds. The van der Waals surface area contributed by atoms with E-state index in [0.29, 0.717) is 0 Å². The number of benzene rings is 1. The summed E-state index contributed by atoms with van der Waals surface area (Å²) in [7, 11) is 0. The average Bonchev–Trinajstić information content (AvgIpc) is 2.79. The Morgan fingerprint density at radius 1 is 1.37 bits per heavy atom. The lowest BCUT2D eigenvalue weighted by atomic mass is 10.2. The summed E-state index contributed by atoms with van der Waals surface area (Å²) >= 11 is 0. The van der Waals surface area contributed by atoms with E-state index in [2.05, 4.69) is 5.32 Å². The minimum Gasteiger partial charge on any atom is -0.444 e. The Balaban J connectivity index is 1.99. The van der Waals surface area contributed by atoms with Crippen LogP contribution in [0.25, 0.3) is 0 Å². The molecular weight excluding hydrogens is 248 g/mol. The average molecular weight is 262 g/mol. The molecule has 1 saturated heterocycles. The van der Waals surface area contributed by atoms with Crippen LogP contribution in [0.3, 0.4) is 0 Å². The van der Waals surface area contributed by atoms with Gasteiger partial charge in [0.15, 0.2) is 5.78 Å². The number of Topliss-reactive ketones (excluding diaryl/α,β-unsaturated/α-hetero) is 1. The molecule has 0 unspecified atom stereocenters. The molecule has 0 bridgehead atoms. The molecule has 1 aromatic carbocycles. The number of nitrogens with one attached hydrogen (secondary N) is 1. The molecule has 1 aliphatic heterocycles. The van der Waals surface area contributed by atoms with Crippen LogP contribution in [0.4, 0.5) is 9.59 Å². The SMILES string of the molecule is CC(=O)[C@@H]1CNC(=O)N1C(=O)OCc1ccccc1. The van der Waals surface area contributed by atoms with E-state index in [9.17, 15) is 14.4 Å². The molecule has 2 rings (SSSR count). The lowest BCUT2D eigenvalue weighted by molar-refractivity contribution is -0.120. The second-order valence-electron chi connectivity index (χ2n) is 4.22. The van der Waals surface area contributed by atoms with Crippen molar-refractivity contribution in [3.8, 4) is 0 Å². The smallest absolute Gasteiger partial charge is 0.419 e. The number of carbonyl (C=O) groups excluding carboxylic acids is 3. The molecule has 0 radical (unpaired) electrons. The number of urea groups is 1. The van der Waals surface area contributed by atoms with Gasteiger partial charge in [0.05, 0.1) is 0 Å². The third-order valence-corrected chi connectivity index (χ3v) is 2.85. The van der Waals surface area contributed by atoms with Gasteiger partial charge in [-0.15, -0.1) is 0 Å². The minimum atomic E-state index is -0.806. The van der Waals surface area contributed by atoms with Crippen LogP contribution >= 0.6 is 0 Å². The first-order chi connectivity index (χ1) is 9.09. The van der Waals surface area contributed by atoms with Crippen LogP contribution in [-0.4, -0.2) is 35.4 Å². The molecule has 1 fully saturated rings. The van der Waals surface area contributed by atoms with Gasteiger partial charge < -0.3 is 10.1 Å². The van der Waals surface area contributed by atoms with Crippen molar-refractivity contribution in [2.45, 2.75) is 19.6 Å². The van der Waals surface area contributed by atoms with Crippen LogP contribution in [0.5, 0.6) is 0 Å². The van der Waals surface area contributed by atoms with E-state index in [-0.39, 0.29) is 18.9 Å². The second kappa shape index (κ2) is 5.51. The summed E-state index contributed by atoms with van der Waals surface area (Å²) in [5, 5.41) is 2.45. The number of carbonyl (C=O) groups is 3. The van der Waals surface area contributed by atoms with Gasteiger partial charge in [-0.1, -0.05) is 30.3 Å². The van der Waals surface area contributed by atoms with Crippen LogP contribution in [0.2, 0.25) is 0 Å². The van der Waals surface area contributed by atoms with Gasteiger partial charge in [-0.2, -0.15) is 0 Å². The van der Waals surface area contributed by atoms with Gasteiger partial charge >= 0.3 is 12.1 Å². The maximum absolute atomic E-state index is 11.8. The van der Waals surface area contributed by atoms with Crippen molar-refractivity contribution in [3.05, 3.63) is 35.9 Å². The Morgan fingerprint density at radius 3 is 2.68 bits per heavy atom. The van der Waals surface area contributed by atoms with Gasteiger partial charge in [-0.05, 0) is 12.5 Å². The molecule has 1 aliphatic rings. The van der Waals surface area contributed by atoms with Crippen LogP contribution in [0.1, 0.15) is 12.5 Å². The van der Waals surface area contributed by atoms with Crippen molar-refractivity contribution >= 4 is 17.9 Å². The number of hydrogen-bond acceptors (Lipinski definition) is 4. The van der Waals surface area contributed by atoms with Crippen LogP contribution in [0.15, 0.2) is 30.3 Å². The molecule has 0 spiro atoms. The van der Waals surface area contributed by atoms with Gasteiger partial charge in [-0.25, -0.2) is 14.5 Å². The molecule has 19 heavy (non-hydrogen) atoms. The van der Waals surface area contributed by atoms with Gasteiger partial charge in [-0.3, -0.25) is 4.79 Å². The lowest BCUT2D eigenvalue weighted by Gasteiger charge is -2.18. The largest absolute Gasteiger partial charge is 0.444 e. The van der Waals surface area contributed by atoms with Gasteiger partial charge in [0.2, 0.25) is 0 Å². The zero-order chi connectivity index (χ0) is 13.8. The zero-order valence-electron chi connectivity index (χ0n) is 10.5. The number of ketones is 1. The summed E-state index contributed by atoms with van der Waals surface area (Å²) < 4.78 is 5.04. The molecule has 0 aliphatic carbocycles. The Kier molecular flexibility index (Phi) is 3.79. The second-order valence-corrected chi connectivity index (χ2v) is 4.22. The van der Waals surface area contributed by atoms with Crippen molar-refractivity contribution in [3.63, 3.8) is 0 Å². The van der Waals surface area contributed by atoms with Crippen LogP contribution in [-0.2, 0) is 16.1 Å².